The number of nitrogens with two attached hydrogens (primary N) is 1. The molecule has 0 saturated heterocycles. The minimum atomic E-state index is 0.131. The highest BCUT2D eigenvalue weighted by atomic mass is 79.9. The van der Waals surface area contributed by atoms with Crippen LogP contribution in [0, 0.1) is 11.3 Å². The monoisotopic (exact) mass is 269 g/mol. The maximum atomic E-state index is 8.82. The van der Waals surface area contributed by atoms with Crippen LogP contribution in [-0.4, -0.2) is 18.3 Å². The van der Waals surface area contributed by atoms with E-state index in [0.29, 0.717) is 24.2 Å². The van der Waals surface area contributed by atoms with E-state index in [-0.39, 0.29) is 6.61 Å². The van der Waals surface area contributed by atoms with Gasteiger partial charge in [0.25, 0.3) is 0 Å². The number of rotatable bonds is 4. The zero-order valence-corrected chi connectivity index (χ0v) is 9.71. The minimum absolute atomic E-state index is 0.131. The topological polar surface area (TPSA) is 82.1 Å². The molecule has 0 amide bonds. The molecule has 0 spiro atoms. The standard InChI is InChI=1S/C10H12BrN3O/c11-8-4-7(6-12)10(13)9(5-8)14-2-1-3-15/h4-5,14-15H,1-3,13H2. The van der Waals surface area contributed by atoms with Gasteiger partial charge in [-0.05, 0) is 18.6 Å². The lowest BCUT2D eigenvalue weighted by Gasteiger charge is -2.10. The minimum Gasteiger partial charge on any atom is -0.396 e. The number of nitrogens with zero attached hydrogens (tertiary/aromatic N) is 1. The fraction of sp³-hybridized carbons (Fsp3) is 0.300. The van der Waals surface area contributed by atoms with E-state index < -0.39 is 0 Å². The van der Waals surface area contributed by atoms with Gasteiger partial charge in [-0.3, -0.25) is 0 Å². The highest BCUT2D eigenvalue weighted by Gasteiger charge is 2.06. The number of anilines is 2. The number of hydrogen-bond donors (Lipinski definition) is 3. The summed E-state index contributed by atoms with van der Waals surface area (Å²) < 4.78 is 0.805. The lowest BCUT2D eigenvalue weighted by Crippen LogP contribution is -2.06. The van der Waals surface area contributed by atoms with Crippen LogP contribution in [0.3, 0.4) is 0 Å². The highest BCUT2D eigenvalue weighted by Crippen LogP contribution is 2.27. The average Bonchev–Trinajstić information content (AvgIpc) is 2.23. The average molecular weight is 270 g/mol. The van der Waals surface area contributed by atoms with Crippen LogP contribution >= 0.6 is 15.9 Å². The molecule has 0 aromatic heterocycles. The third-order valence-corrected chi connectivity index (χ3v) is 2.37. The number of nitriles is 1. The van der Waals surface area contributed by atoms with Crippen molar-refractivity contribution >= 4 is 27.3 Å². The maximum Gasteiger partial charge on any atom is 0.101 e. The van der Waals surface area contributed by atoms with Crippen LogP contribution in [0.4, 0.5) is 11.4 Å². The van der Waals surface area contributed by atoms with E-state index >= 15 is 0 Å². The molecule has 4 nitrogen and oxygen atoms in total. The first kappa shape index (κ1) is 11.8. The smallest absolute Gasteiger partial charge is 0.101 e. The van der Waals surface area contributed by atoms with Crippen molar-refractivity contribution in [1.29, 1.82) is 5.26 Å². The molecule has 0 aliphatic carbocycles. The number of hydrogen-bond acceptors (Lipinski definition) is 4. The molecule has 0 fully saturated rings. The predicted molar refractivity (Wildman–Crippen MR) is 63.5 cm³/mol. The van der Waals surface area contributed by atoms with Gasteiger partial charge >= 0.3 is 0 Å². The summed E-state index contributed by atoms with van der Waals surface area (Å²) in [6.45, 7) is 0.758. The Labute approximate surface area is 96.8 Å². The Hall–Kier alpha value is -1.25. The first-order chi connectivity index (χ1) is 7.19. The van der Waals surface area contributed by atoms with Gasteiger partial charge in [0.1, 0.15) is 6.07 Å². The Morgan fingerprint density at radius 2 is 2.27 bits per heavy atom. The van der Waals surface area contributed by atoms with Gasteiger partial charge in [0, 0.05) is 17.6 Å². The van der Waals surface area contributed by atoms with Gasteiger partial charge in [-0.25, -0.2) is 0 Å². The molecular formula is C10H12BrN3O. The quantitative estimate of drug-likeness (QED) is 0.574. The Morgan fingerprint density at radius 3 is 2.87 bits per heavy atom. The molecule has 0 atom stereocenters. The van der Waals surface area contributed by atoms with E-state index in [9.17, 15) is 0 Å². The normalized spacial score (nSPS) is 9.67. The van der Waals surface area contributed by atoms with Crippen molar-refractivity contribution in [1.82, 2.24) is 0 Å². The zero-order chi connectivity index (χ0) is 11.3. The molecule has 1 aromatic carbocycles. The summed E-state index contributed by atoms with van der Waals surface area (Å²) in [5.74, 6) is 0. The summed E-state index contributed by atoms with van der Waals surface area (Å²) in [4.78, 5) is 0. The van der Waals surface area contributed by atoms with E-state index in [1.54, 1.807) is 6.07 Å². The van der Waals surface area contributed by atoms with Crippen molar-refractivity contribution < 1.29 is 5.11 Å². The zero-order valence-electron chi connectivity index (χ0n) is 8.13. The second-order valence-electron chi connectivity index (χ2n) is 3.03. The van der Waals surface area contributed by atoms with Gasteiger partial charge in [-0.1, -0.05) is 15.9 Å². The van der Waals surface area contributed by atoms with Gasteiger partial charge in [0.2, 0.25) is 0 Å². The van der Waals surface area contributed by atoms with Gasteiger partial charge in [-0.15, -0.1) is 0 Å². The van der Waals surface area contributed by atoms with Crippen LogP contribution in [0.15, 0.2) is 16.6 Å². The van der Waals surface area contributed by atoms with E-state index in [0.717, 1.165) is 10.2 Å². The van der Waals surface area contributed by atoms with Crippen LogP contribution in [0.25, 0.3) is 0 Å². The molecule has 4 N–H and O–H groups in total. The van der Waals surface area contributed by atoms with Gasteiger partial charge in [0.15, 0.2) is 0 Å². The van der Waals surface area contributed by atoms with Crippen molar-refractivity contribution in [3.8, 4) is 6.07 Å². The molecule has 0 aliphatic rings. The van der Waals surface area contributed by atoms with Crippen molar-refractivity contribution in [2.45, 2.75) is 6.42 Å². The van der Waals surface area contributed by atoms with Crippen LogP contribution in [0.5, 0.6) is 0 Å². The molecule has 5 heteroatoms. The second kappa shape index (κ2) is 5.59. The summed E-state index contributed by atoms with van der Waals surface area (Å²) >= 11 is 3.30. The first-order valence-corrected chi connectivity index (χ1v) is 5.32. The summed E-state index contributed by atoms with van der Waals surface area (Å²) in [5.41, 5.74) is 7.38. The summed E-state index contributed by atoms with van der Waals surface area (Å²) in [6, 6.07) is 5.51. The number of aliphatic hydroxyl groups is 1. The molecule has 1 rings (SSSR count). The van der Waals surface area contributed by atoms with E-state index in [4.69, 9.17) is 16.1 Å². The maximum absolute atomic E-state index is 8.82. The number of aliphatic hydroxyl groups excluding tert-OH is 1. The molecule has 0 aliphatic heterocycles. The number of benzene rings is 1. The summed E-state index contributed by atoms with van der Waals surface area (Å²) in [6.07, 6.45) is 0.647. The summed E-state index contributed by atoms with van der Waals surface area (Å²) in [7, 11) is 0. The van der Waals surface area contributed by atoms with Crippen LogP contribution in [0.2, 0.25) is 0 Å². The Balaban J connectivity index is 2.88. The molecule has 15 heavy (non-hydrogen) atoms. The molecular weight excluding hydrogens is 258 g/mol. The van der Waals surface area contributed by atoms with Crippen LogP contribution in [-0.2, 0) is 0 Å². The van der Waals surface area contributed by atoms with Gasteiger partial charge < -0.3 is 16.2 Å². The molecule has 0 heterocycles. The summed E-state index contributed by atoms with van der Waals surface area (Å²) in [5, 5.41) is 20.5. The van der Waals surface area contributed by atoms with E-state index in [1.807, 2.05) is 12.1 Å². The molecule has 0 unspecified atom stereocenters. The third kappa shape index (κ3) is 3.11. The highest BCUT2D eigenvalue weighted by molar-refractivity contribution is 9.10. The molecule has 1 aromatic rings. The van der Waals surface area contributed by atoms with Gasteiger partial charge in [-0.2, -0.15) is 5.26 Å². The molecule has 0 radical (unpaired) electrons. The Morgan fingerprint density at radius 1 is 1.53 bits per heavy atom. The first-order valence-electron chi connectivity index (χ1n) is 4.53. The SMILES string of the molecule is N#Cc1cc(Br)cc(NCCCO)c1N. The third-order valence-electron chi connectivity index (χ3n) is 1.92. The van der Waals surface area contributed by atoms with Crippen LogP contribution in [0.1, 0.15) is 12.0 Å². The predicted octanol–water partition coefficient (Wildman–Crippen LogP) is 1.70. The van der Waals surface area contributed by atoms with Crippen LogP contribution < -0.4 is 11.1 Å². The Bertz CT molecular complexity index is 387. The number of nitrogens with one attached hydrogen (secondary N) is 1. The molecule has 80 valence electrons. The Kier molecular flexibility index (Phi) is 4.40. The van der Waals surface area contributed by atoms with Crippen molar-refractivity contribution in [2.75, 3.05) is 24.2 Å². The fourth-order valence-electron chi connectivity index (χ4n) is 1.16. The molecule has 0 saturated carbocycles. The fourth-order valence-corrected chi connectivity index (χ4v) is 1.62. The number of halogens is 1. The number of nitrogen functional groups attached to an aromatic ring is 1. The van der Waals surface area contributed by atoms with Crippen molar-refractivity contribution in [3.63, 3.8) is 0 Å². The molecule has 0 bridgehead atoms. The van der Waals surface area contributed by atoms with E-state index in [1.165, 1.54) is 0 Å². The van der Waals surface area contributed by atoms with Gasteiger partial charge in [0.05, 0.1) is 16.9 Å². The lowest BCUT2D eigenvalue weighted by molar-refractivity contribution is 0.292. The van der Waals surface area contributed by atoms with E-state index in [2.05, 4.69) is 21.2 Å². The van der Waals surface area contributed by atoms with Crippen molar-refractivity contribution in [3.05, 3.63) is 22.2 Å². The van der Waals surface area contributed by atoms with Crippen molar-refractivity contribution in [2.24, 2.45) is 0 Å². The lowest BCUT2D eigenvalue weighted by atomic mass is 10.1. The second-order valence-corrected chi connectivity index (χ2v) is 3.95. The largest absolute Gasteiger partial charge is 0.396 e.